The van der Waals surface area contributed by atoms with Gasteiger partial charge in [-0.1, -0.05) is 42.8 Å². The van der Waals surface area contributed by atoms with Gasteiger partial charge in [-0.25, -0.2) is 4.90 Å². The third-order valence-electron chi connectivity index (χ3n) is 6.38. The Kier molecular flexibility index (Phi) is 3.45. The normalized spacial score (nSPS) is 16.3. The molecule has 4 heteroatoms. The number of rotatable bonds is 1. The minimum atomic E-state index is -0.222. The molecule has 4 aromatic rings. The van der Waals surface area contributed by atoms with Gasteiger partial charge in [-0.2, -0.15) is 0 Å². The average molecular weight is 380 g/mol. The van der Waals surface area contributed by atoms with E-state index in [9.17, 15) is 9.59 Å². The van der Waals surface area contributed by atoms with Crippen molar-refractivity contribution in [2.75, 3.05) is 4.90 Å². The highest BCUT2D eigenvalue weighted by Gasteiger charge is 2.42. The second kappa shape index (κ2) is 6.05. The molecule has 0 spiro atoms. The number of benzene rings is 3. The lowest BCUT2D eigenvalue weighted by molar-refractivity contribution is 0.0926. The van der Waals surface area contributed by atoms with E-state index in [1.54, 1.807) is 0 Å². The molecular formula is C25H20N2O2. The monoisotopic (exact) mass is 380 g/mol. The average Bonchev–Trinajstić information content (AvgIpc) is 3.13. The predicted octanol–water partition coefficient (Wildman–Crippen LogP) is 5.39. The predicted molar refractivity (Wildman–Crippen MR) is 115 cm³/mol. The van der Waals surface area contributed by atoms with Gasteiger partial charge in [0.1, 0.15) is 0 Å². The molecule has 2 aliphatic rings. The lowest BCUT2D eigenvalue weighted by atomic mass is 9.89. The smallest absolute Gasteiger partial charge is 0.268 e. The van der Waals surface area contributed by atoms with Crippen LogP contribution in [0.4, 0.5) is 5.69 Å². The summed E-state index contributed by atoms with van der Waals surface area (Å²) in [7, 11) is 0. The lowest BCUT2D eigenvalue weighted by Crippen LogP contribution is -2.29. The van der Waals surface area contributed by atoms with Gasteiger partial charge in [0.2, 0.25) is 0 Å². The van der Waals surface area contributed by atoms with E-state index < -0.39 is 0 Å². The number of imide groups is 1. The second-order valence-corrected chi connectivity index (χ2v) is 7.97. The molecule has 3 aromatic carbocycles. The number of hydrogen-bond donors (Lipinski definition) is 1. The number of nitrogens with one attached hydrogen (secondary N) is 1. The molecule has 2 amide bonds. The highest BCUT2D eigenvalue weighted by Crippen LogP contribution is 2.42. The number of aromatic amines is 1. The maximum Gasteiger partial charge on any atom is 0.268 e. The van der Waals surface area contributed by atoms with Crippen molar-refractivity contribution >= 4 is 39.3 Å². The zero-order chi connectivity index (χ0) is 19.5. The number of H-pyrrole nitrogens is 1. The van der Waals surface area contributed by atoms with Crippen molar-refractivity contribution in [1.82, 2.24) is 4.98 Å². The Bertz CT molecular complexity index is 1320. The highest BCUT2D eigenvalue weighted by atomic mass is 16.2. The number of anilines is 1. The van der Waals surface area contributed by atoms with Gasteiger partial charge in [0.25, 0.3) is 11.8 Å². The largest absolute Gasteiger partial charge is 0.354 e. The summed E-state index contributed by atoms with van der Waals surface area (Å²) in [6.45, 7) is 0. The van der Waals surface area contributed by atoms with Crippen LogP contribution in [-0.2, 0) is 12.8 Å². The first-order chi connectivity index (χ1) is 14.3. The maximum atomic E-state index is 13.6. The van der Waals surface area contributed by atoms with Gasteiger partial charge < -0.3 is 4.98 Å². The summed E-state index contributed by atoms with van der Waals surface area (Å²) in [5.41, 5.74) is 5.97. The summed E-state index contributed by atoms with van der Waals surface area (Å²) in [6, 6.07) is 17.4. The number of fused-ring (bicyclic) bond motifs is 8. The molecular weight excluding hydrogens is 360 g/mol. The van der Waals surface area contributed by atoms with Crippen LogP contribution in [0, 0.1) is 0 Å². The molecule has 0 radical (unpaired) electrons. The molecule has 1 aliphatic carbocycles. The van der Waals surface area contributed by atoms with Crippen molar-refractivity contribution in [1.29, 1.82) is 0 Å². The van der Waals surface area contributed by atoms with Gasteiger partial charge >= 0.3 is 0 Å². The SMILES string of the molecule is O=C1c2c3c(c4c([nH]c5ccccc54)c2C(=O)N1c1ccccc1)CCCCC3. The number of carbonyl (C=O) groups excluding carboxylic acids is 2. The summed E-state index contributed by atoms with van der Waals surface area (Å²) in [5, 5.41) is 2.27. The minimum absolute atomic E-state index is 0.185. The van der Waals surface area contributed by atoms with Gasteiger partial charge in [0.15, 0.2) is 0 Å². The van der Waals surface area contributed by atoms with E-state index in [0.29, 0.717) is 16.8 Å². The molecule has 1 aliphatic heterocycles. The van der Waals surface area contributed by atoms with Crippen LogP contribution in [0.1, 0.15) is 51.1 Å². The van der Waals surface area contributed by atoms with Crippen LogP contribution in [0.3, 0.4) is 0 Å². The van der Waals surface area contributed by atoms with E-state index in [-0.39, 0.29) is 11.8 Å². The zero-order valence-corrected chi connectivity index (χ0v) is 16.0. The Morgan fingerprint density at radius 3 is 2.24 bits per heavy atom. The summed E-state index contributed by atoms with van der Waals surface area (Å²) in [5.74, 6) is -0.408. The molecule has 29 heavy (non-hydrogen) atoms. The molecule has 2 heterocycles. The van der Waals surface area contributed by atoms with Gasteiger partial charge in [0.05, 0.1) is 22.3 Å². The van der Waals surface area contributed by atoms with Crippen molar-refractivity contribution in [3.05, 3.63) is 76.9 Å². The number of aromatic nitrogens is 1. The van der Waals surface area contributed by atoms with E-state index >= 15 is 0 Å². The molecule has 0 unspecified atom stereocenters. The summed E-state index contributed by atoms with van der Waals surface area (Å²) in [4.78, 5) is 31.9. The molecule has 142 valence electrons. The Morgan fingerprint density at radius 1 is 0.724 bits per heavy atom. The molecule has 0 fully saturated rings. The molecule has 0 atom stereocenters. The maximum absolute atomic E-state index is 13.6. The van der Waals surface area contributed by atoms with Gasteiger partial charge in [-0.05, 0) is 55.0 Å². The fourth-order valence-electron chi connectivity index (χ4n) is 5.13. The number of hydrogen-bond acceptors (Lipinski definition) is 2. The number of nitrogens with zero attached hydrogens (tertiary/aromatic N) is 1. The van der Waals surface area contributed by atoms with Crippen LogP contribution >= 0.6 is 0 Å². The van der Waals surface area contributed by atoms with Crippen molar-refractivity contribution in [3.8, 4) is 0 Å². The minimum Gasteiger partial charge on any atom is -0.354 e. The van der Waals surface area contributed by atoms with Crippen molar-refractivity contribution < 1.29 is 9.59 Å². The molecule has 0 bridgehead atoms. The number of para-hydroxylation sites is 2. The molecule has 6 rings (SSSR count). The first-order valence-corrected chi connectivity index (χ1v) is 10.3. The van der Waals surface area contributed by atoms with Gasteiger partial charge in [-0.3, -0.25) is 9.59 Å². The fraction of sp³-hybridized carbons (Fsp3) is 0.200. The van der Waals surface area contributed by atoms with Crippen LogP contribution in [0.2, 0.25) is 0 Å². The Hall–Kier alpha value is -3.40. The summed E-state index contributed by atoms with van der Waals surface area (Å²) >= 11 is 0. The Labute approximate surface area is 168 Å². The summed E-state index contributed by atoms with van der Waals surface area (Å²) < 4.78 is 0. The standard InChI is InChI=1S/C25H20N2O2/c28-24-21-17-12-6-2-5-11-16(17)20-18-13-7-8-14-19(18)26-23(20)22(21)25(29)27(24)15-9-3-1-4-10-15/h1,3-4,7-10,13-14,26H,2,5-6,11-12H2. The molecule has 1 aromatic heterocycles. The fourth-order valence-corrected chi connectivity index (χ4v) is 5.13. The van der Waals surface area contributed by atoms with E-state index in [2.05, 4.69) is 11.1 Å². The summed E-state index contributed by atoms with van der Waals surface area (Å²) in [6.07, 6.45) is 5.13. The second-order valence-electron chi connectivity index (χ2n) is 7.97. The molecule has 4 nitrogen and oxygen atoms in total. The van der Waals surface area contributed by atoms with Gasteiger partial charge in [-0.15, -0.1) is 0 Å². The Balaban J connectivity index is 1.73. The highest BCUT2D eigenvalue weighted by molar-refractivity contribution is 6.39. The third-order valence-corrected chi connectivity index (χ3v) is 6.38. The molecule has 0 saturated heterocycles. The first kappa shape index (κ1) is 16.5. The van der Waals surface area contributed by atoms with Crippen LogP contribution in [0.25, 0.3) is 21.8 Å². The van der Waals surface area contributed by atoms with E-state index in [1.807, 2.05) is 48.5 Å². The number of aryl methyl sites for hydroxylation is 1. The third kappa shape index (κ3) is 2.20. The molecule has 0 saturated carbocycles. The first-order valence-electron chi connectivity index (χ1n) is 10.3. The number of carbonyl (C=O) groups is 2. The number of amides is 2. The molecule has 1 N–H and O–H groups in total. The van der Waals surface area contributed by atoms with Gasteiger partial charge in [0, 0.05) is 16.3 Å². The van der Waals surface area contributed by atoms with Crippen molar-refractivity contribution in [2.45, 2.75) is 32.1 Å². The van der Waals surface area contributed by atoms with Crippen molar-refractivity contribution in [2.24, 2.45) is 0 Å². The lowest BCUT2D eigenvalue weighted by Gasteiger charge is -2.14. The van der Waals surface area contributed by atoms with Crippen LogP contribution < -0.4 is 4.90 Å². The zero-order valence-electron chi connectivity index (χ0n) is 16.0. The topological polar surface area (TPSA) is 53.2 Å². The van der Waals surface area contributed by atoms with Crippen LogP contribution in [0.15, 0.2) is 54.6 Å². The van der Waals surface area contributed by atoms with E-state index in [1.165, 1.54) is 10.5 Å². The van der Waals surface area contributed by atoms with Crippen LogP contribution in [-0.4, -0.2) is 16.8 Å². The Morgan fingerprint density at radius 2 is 1.41 bits per heavy atom. The van der Waals surface area contributed by atoms with Crippen LogP contribution in [0.5, 0.6) is 0 Å². The van der Waals surface area contributed by atoms with E-state index in [4.69, 9.17) is 0 Å². The van der Waals surface area contributed by atoms with Crippen molar-refractivity contribution in [3.63, 3.8) is 0 Å². The van der Waals surface area contributed by atoms with E-state index in [0.717, 1.165) is 59.5 Å². The quantitative estimate of drug-likeness (QED) is 0.355.